The van der Waals surface area contributed by atoms with E-state index in [4.69, 9.17) is 5.41 Å². The largest absolute Gasteiger partial charge is 0.315 e. The zero-order valence-corrected chi connectivity index (χ0v) is 20.3. The molecule has 0 saturated heterocycles. The summed E-state index contributed by atoms with van der Waals surface area (Å²) < 4.78 is 16.2. The predicted molar refractivity (Wildman–Crippen MR) is 136 cm³/mol. The van der Waals surface area contributed by atoms with Crippen LogP contribution in [0.2, 0.25) is 0 Å². The number of amides is 1. The molecule has 1 aromatic heterocycles. The lowest BCUT2D eigenvalue weighted by atomic mass is 9.86. The van der Waals surface area contributed by atoms with Crippen LogP contribution < -0.4 is 0 Å². The Balaban J connectivity index is 1.39. The number of hydrazone groups is 1. The van der Waals surface area contributed by atoms with Crippen molar-refractivity contribution in [2.45, 2.75) is 58.8 Å². The van der Waals surface area contributed by atoms with Gasteiger partial charge in [0.1, 0.15) is 10.9 Å². The molecule has 1 saturated carbocycles. The number of para-hydroxylation sites is 1. The minimum absolute atomic E-state index is 0.0332. The molecule has 1 N–H and O–H groups in total. The smallest absolute Gasteiger partial charge is 0.283 e. The van der Waals surface area contributed by atoms with Gasteiger partial charge in [0.15, 0.2) is 5.84 Å². The number of rotatable bonds is 5. The van der Waals surface area contributed by atoms with Gasteiger partial charge in [-0.2, -0.15) is 15.1 Å². The quantitative estimate of drug-likeness (QED) is 0.520. The SMILES string of the molecule is Cc1cc(/C=C2/C(=N)N3N=C(CCC4CCCCC4)SC3=NC2=O)c(C)n1-c1ccccc1F. The van der Waals surface area contributed by atoms with Crippen LogP contribution in [0.15, 0.2) is 46.0 Å². The van der Waals surface area contributed by atoms with Crippen molar-refractivity contribution in [1.29, 1.82) is 5.41 Å². The zero-order chi connectivity index (χ0) is 23.8. The number of hydrogen-bond donors (Lipinski definition) is 1. The Kier molecular flexibility index (Phi) is 6.25. The van der Waals surface area contributed by atoms with Crippen LogP contribution in [0, 0.1) is 31.0 Å². The van der Waals surface area contributed by atoms with E-state index in [0.717, 1.165) is 40.8 Å². The standard InChI is InChI=1S/C26H28FN5OS/c1-16-14-19(17(2)31(16)22-11-7-6-10-21(22)27)15-20-24(28)32-26(29-25(20)33)34-23(30-32)13-12-18-8-4-3-5-9-18/h6-7,10-11,14-15,18,28H,3-5,8-9,12-13H2,1-2H3/b20-15-,28-24?. The van der Waals surface area contributed by atoms with Gasteiger partial charge < -0.3 is 4.57 Å². The maximum absolute atomic E-state index is 14.4. The molecule has 0 bridgehead atoms. The second-order valence-electron chi connectivity index (χ2n) is 9.17. The number of aliphatic imine (C=N–C) groups is 1. The number of aromatic nitrogens is 1. The van der Waals surface area contributed by atoms with Crippen LogP contribution >= 0.6 is 11.8 Å². The minimum Gasteiger partial charge on any atom is -0.315 e. The molecule has 34 heavy (non-hydrogen) atoms. The number of carbonyl (C=O) groups excluding carboxylic acids is 1. The number of nitrogens with zero attached hydrogens (tertiary/aromatic N) is 4. The molecule has 0 radical (unpaired) electrons. The van der Waals surface area contributed by atoms with Crippen molar-refractivity contribution in [1.82, 2.24) is 9.58 Å². The van der Waals surface area contributed by atoms with E-state index >= 15 is 0 Å². The van der Waals surface area contributed by atoms with E-state index in [2.05, 4.69) is 10.1 Å². The molecule has 8 heteroatoms. The molecule has 1 aliphatic carbocycles. The maximum atomic E-state index is 14.4. The van der Waals surface area contributed by atoms with Gasteiger partial charge in [-0.3, -0.25) is 10.2 Å². The average molecular weight is 478 g/mol. The Bertz CT molecular complexity index is 1250. The summed E-state index contributed by atoms with van der Waals surface area (Å²) in [5, 5.41) is 16.1. The van der Waals surface area contributed by atoms with E-state index in [-0.39, 0.29) is 17.2 Å². The summed E-state index contributed by atoms with van der Waals surface area (Å²) in [5.41, 5.74) is 3.03. The summed E-state index contributed by atoms with van der Waals surface area (Å²) in [6, 6.07) is 8.50. The number of halogens is 1. The Morgan fingerprint density at radius 3 is 2.74 bits per heavy atom. The van der Waals surface area contributed by atoms with Gasteiger partial charge in [-0.1, -0.05) is 44.2 Å². The Hall–Kier alpha value is -3.00. The van der Waals surface area contributed by atoms with E-state index in [0.29, 0.717) is 10.9 Å². The first-order valence-corrected chi connectivity index (χ1v) is 12.7. The molecule has 5 rings (SSSR count). The van der Waals surface area contributed by atoms with Crippen molar-refractivity contribution in [3.05, 3.63) is 58.7 Å². The first-order chi connectivity index (χ1) is 16.4. The van der Waals surface area contributed by atoms with Crippen LogP contribution in [0.3, 0.4) is 0 Å². The first-order valence-electron chi connectivity index (χ1n) is 11.9. The van der Waals surface area contributed by atoms with Crippen molar-refractivity contribution in [2.24, 2.45) is 16.0 Å². The highest BCUT2D eigenvalue weighted by molar-refractivity contribution is 8.26. The van der Waals surface area contributed by atoms with E-state index in [1.54, 1.807) is 24.3 Å². The van der Waals surface area contributed by atoms with E-state index in [1.807, 2.05) is 24.5 Å². The summed E-state index contributed by atoms with van der Waals surface area (Å²) in [6.45, 7) is 3.77. The van der Waals surface area contributed by atoms with Crippen molar-refractivity contribution < 1.29 is 9.18 Å². The number of hydrogen-bond acceptors (Lipinski definition) is 4. The van der Waals surface area contributed by atoms with Gasteiger partial charge in [0, 0.05) is 11.4 Å². The van der Waals surface area contributed by atoms with Crippen molar-refractivity contribution in [3.63, 3.8) is 0 Å². The van der Waals surface area contributed by atoms with Gasteiger partial charge in [0.25, 0.3) is 5.91 Å². The number of amidine groups is 2. The second kappa shape index (κ2) is 9.33. The highest BCUT2D eigenvalue weighted by Gasteiger charge is 2.36. The fraction of sp³-hybridized carbons (Fsp3) is 0.385. The summed E-state index contributed by atoms with van der Waals surface area (Å²) in [7, 11) is 0. The molecular weight excluding hydrogens is 449 g/mol. The molecular formula is C26H28FN5OS. The van der Waals surface area contributed by atoms with Crippen molar-refractivity contribution in [3.8, 4) is 5.69 Å². The van der Waals surface area contributed by atoms with Gasteiger partial charge in [0.2, 0.25) is 5.17 Å². The zero-order valence-electron chi connectivity index (χ0n) is 19.5. The number of carbonyl (C=O) groups is 1. The summed E-state index contributed by atoms with van der Waals surface area (Å²) in [5.74, 6) is 0.0234. The Morgan fingerprint density at radius 2 is 1.97 bits per heavy atom. The Labute approximate surface area is 203 Å². The van der Waals surface area contributed by atoms with Crippen LogP contribution in [0.25, 0.3) is 11.8 Å². The molecule has 1 fully saturated rings. The lowest BCUT2D eigenvalue weighted by molar-refractivity contribution is -0.114. The molecule has 3 aliphatic rings. The molecule has 0 spiro atoms. The second-order valence-corrected chi connectivity index (χ2v) is 10.2. The van der Waals surface area contributed by atoms with Crippen molar-refractivity contribution in [2.75, 3.05) is 0 Å². The van der Waals surface area contributed by atoms with Crippen LogP contribution in [0.1, 0.15) is 61.9 Å². The third kappa shape index (κ3) is 4.27. The minimum atomic E-state index is -0.442. The van der Waals surface area contributed by atoms with Crippen LogP contribution in [0.4, 0.5) is 4.39 Å². The van der Waals surface area contributed by atoms with E-state index in [9.17, 15) is 9.18 Å². The van der Waals surface area contributed by atoms with Crippen LogP contribution in [-0.2, 0) is 4.79 Å². The normalized spacial score (nSPS) is 20.1. The van der Waals surface area contributed by atoms with Gasteiger partial charge in [-0.05, 0) is 74.2 Å². The Morgan fingerprint density at radius 1 is 1.21 bits per heavy atom. The summed E-state index contributed by atoms with van der Waals surface area (Å²) >= 11 is 1.40. The molecule has 2 aliphatic heterocycles. The average Bonchev–Trinajstić information content (AvgIpc) is 3.36. The maximum Gasteiger partial charge on any atom is 0.283 e. The molecule has 176 valence electrons. The highest BCUT2D eigenvalue weighted by Crippen LogP contribution is 2.33. The molecule has 0 atom stereocenters. The number of nitrogens with one attached hydrogen (secondary N) is 1. The monoisotopic (exact) mass is 477 g/mol. The first kappa shape index (κ1) is 22.8. The lowest BCUT2D eigenvalue weighted by Crippen LogP contribution is -2.35. The number of fused-ring (bicyclic) bond motifs is 1. The van der Waals surface area contributed by atoms with Crippen LogP contribution in [0.5, 0.6) is 0 Å². The molecule has 6 nitrogen and oxygen atoms in total. The van der Waals surface area contributed by atoms with Gasteiger partial charge in [0.05, 0.1) is 11.3 Å². The third-order valence-corrected chi connectivity index (χ3v) is 7.82. The molecule has 2 aromatic rings. The number of thioether (sulfide) groups is 1. The van der Waals surface area contributed by atoms with E-state index in [1.165, 1.54) is 54.9 Å². The fourth-order valence-corrected chi connectivity index (χ4v) is 5.93. The predicted octanol–water partition coefficient (Wildman–Crippen LogP) is 6.21. The third-order valence-electron chi connectivity index (χ3n) is 6.85. The molecule has 0 unspecified atom stereocenters. The lowest BCUT2D eigenvalue weighted by Gasteiger charge is -2.20. The van der Waals surface area contributed by atoms with Gasteiger partial charge in [-0.15, -0.1) is 0 Å². The number of benzene rings is 1. The van der Waals surface area contributed by atoms with Gasteiger partial charge in [-0.25, -0.2) is 4.39 Å². The molecule has 3 heterocycles. The summed E-state index contributed by atoms with van der Waals surface area (Å²) in [4.78, 5) is 17.1. The van der Waals surface area contributed by atoms with Gasteiger partial charge >= 0.3 is 0 Å². The summed E-state index contributed by atoms with van der Waals surface area (Å²) in [6.07, 6.45) is 10.2. The van der Waals surface area contributed by atoms with E-state index < -0.39 is 5.91 Å². The fourth-order valence-electron chi connectivity index (χ4n) is 5.03. The van der Waals surface area contributed by atoms with Crippen LogP contribution in [-0.4, -0.2) is 31.5 Å². The molecule has 1 aromatic carbocycles. The molecule has 1 amide bonds. The topological polar surface area (TPSA) is 73.8 Å². The van der Waals surface area contributed by atoms with Crippen molar-refractivity contribution >= 4 is 39.8 Å². The number of aryl methyl sites for hydroxylation is 1. The highest BCUT2D eigenvalue weighted by atomic mass is 32.2.